The Hall–Kier alpha value is -3.68. The molecule has 2 aromatic carbocycles. The summed E-state index contributed by atoms with van der Waals surface area (Å²) >= 11 is 0. The molecule has 1 aliphatic heterocycles. The van der Waals surface area contributed by atoms with Crippen molar-refractivity contribution in [3.05, 3.63) is 82.9 Å². The monoisotopic (exact) mass is 475 g/mol. The molecule has 0 saturated heterocycles. The van der Waals surface area contributed by atoms with Gasteiger partial charge in [0.2, 0.25) is 0 Å². The van der Waals surface area contributed by atoms with Crippen LogP contribution in [-0.2, 0) is 26.6 Å². The van der Waals surface area contributed by atoms with E-state index in [9.17, 15) is 14.0 Å². The van der Waals surface area contributed by atoms with Crippen LogP contribution in [0.2, 0.25) is 0 Å². The molecule has 3 aromatic rings. The number of rotatable bonds is 5. The molecule has 1 aromatic heterocycles. The predicted molar refractivity (Wildman–Crippen MR) is 131 cm³/mol. The Morgan fingerprint density at radius 2 is 1.80 bits per heavy atom. The quantitative estimate of drug-likeness (QED) is 0.594. The van der Waals surface area contributed by atoms with Gasteiger partial charge in [0.05, 0.1) is 24.3 Å². The van der Waals surface area contributed by atoms with Crippen LogP contribution in [0.3, 0.4) is 0 Å². The molecule has 8 heteroatoms. The number of benzene rings is 2. The van der Waals surface area contributed by atoms with Crippen LogP contribution in [0.5, 0.6) is 0 Å². The number of carbonyl (C=O) groups is 2. The minimum atomic E-state index is -0.559. The van der Waals surface area contributed by atoms with Crippen LogP contribution in [0.4, 0.5) is 14.9 Å². The van der Waals surface area contributed by atoms with Crippen LogP contribution in [0, 0.1) is 5.82 Å². The van der Waals surface area contributed by atoms with Gasteiger partial charge >= 0.3 is 6.03 Å². The Bertz CT molecular complexity index is 1220. The number of para-hydroxylation sites is 1. The highest BCUT2D eigenvalue weighted by molar-refractivity contribution is 6.06. The zero-order chi connectivity index (χ0) is 24.4. The molecular formula is C27H30FN5O2. The Labute approximate surface area is 204 Å². The fraction of sp³-hybridized carbons (Fsp3) is 0.370. The molecule has 1 saturated carbocycles. The van der Waals surface area contributed by atoms with Gasteiger partial charge in [-0.15, -0.1) is 0 Å². The third kappa shape index (κ3) is 4.78. The number of hydrogen-bond donors (Lipinski definition) is 1. The molecule has 0 spiro atoms. The summed E-state index contributed by atoms with van der Waals surface area (Å²) in [6.45, 7) is 1.24. The van der Waals surface area contributed by atoms with Crippen molar-refractivity contribution in [3.63, 3.8) is 0 Å². The largest absolute Gasteiger partial charge is 0.335 e. The fourth-order valence-electron chi connectivity index (χ4n) is 5.12. The van der Waals surface area contributed by atoms with E-state index in [-0.39, 0.29) is 24.2 Å². The summed E-state index contributed by atoms with van der Waals surface area (Å²) in [6, 6.07) is 15.5. The minimum Gasteiger partial charge on any atom is -0.335 e. The molecule has 182 valence electrons. The predicted octanol–water partition coefficient (Wildman–Crippen LogP) is 4.42. The number of nitrogens with one attached hydrogen (secondary N) is 1. The molecule has 1 N–H and O–H groups in total. The van der Waals surface area contributed by atoms with Gasteiger partial charge in [0.25, 0.3) is 5.91 Å². The Morgan fingerprint density at radius 1 is 1.09 bits per heavy atom. The van der Waals surface area contributed by atoms with Crippen molar-refractivity contribution in [3.8, 4) is 0 Å². The van der Waals surface area contributed by atoms with E-state index >= 15 is 0 Å². The SMILES string of the molecule is Cn1nc(CN(C(=O)c2ccccc2F)c2ccccc2)c2c1CCN(C(=O)NC1CCCC1)C2. The lowest BCUT2D eigenvalue weighted by molar-refractivity contribution is 0.0980. The topological polar surface area (TPSA) is 70.5 Å². The third-order valence-corrected chi connectivity index (χ3v) is 7.02. The highest BCUT2D eigenvalue weighted by Gasteiger charge is 2.30. The van der Waals surface area contributed by atoms with Crippen molar-refractivity contribution in [1.29, 1.82) is 0 Å². The first-order chi connectivity index (χ1) is 17.0. The van der Waals surface area contributed by atoms with E-state index in [4.69, 9.17) is 5.10 Å². The number of nitrogens with zero attached hydrogens (tertiary/aromatic N) is 4. The number of amides is 3. The molecular weight excluding hydrogens is 445 g/mol. The number of urea groups is 1. The van der Waals surface area contributed by atoms with Gasteiger partial charge in [0.1, 0.15) is 5.82 Å². The Morgan fingerprint density at radius 3 is 2.54 bits per heavy atom. The number of aromatic nitrogens is 2. The van der Waals surface area contributed by atoms with Gasteiger partial charge in [-0.05, 0) is 37.1 Å². The number of carbonyl (C=O) groups excluding carboxylic acids is 2. The maximum Gasteiger partial charge on any atom is 0.317 e. The van der Waals surface area contributed by atoms with E-state index in [0.29, 0.717) is 25.2 Å². The number of fused-ring (bicyclic) bond motifs is 1. The molecule has 0 bridgehead atoms. The van der Waals surface area contributed by atoms with Crippen LogP contribution >= 0.6 is 0 Å². The number of anilines is 1. The summed E-state index contributed by atoms with van der Waals surface area (Å²) in [4.78, 5) is 29.8. The van der Waals surface area contributed by atoms with Crippen LogP contribution < -0.4 is 10.2 Å². The van der Waals surface area contributed by atoms with Crippen molar-refractivity contribution in [2.75, 3.05) is 11.4 Å². The van der Waals surface area contributed by atoms with E-state index in [1.165, 1.54) is 12.1 Å². The summed E-state index contributed by atoms with van der Waals surface area (Å²) in [5.74, 6) is -0.989. The van der Waals surface area contributed by atoms with Crippen molar-refractivity contribution in [1.82, 2.24) is 20.0 Å². The summed E-state index contributed by atoms with van der Waals surface area (Å²) in [5, 5.41) is 7.90. The Balaban J connectivity index is 1.42. The van der Waals surface area contributed by atoms with Crippen LogP contribution in [0.15, 0.2) is 54.6 Å². The van der Waals surface area contributed by atoms with E-state index < -0.39 is 11.7 Å². The Kier molecular flexibility index (Phi) is 6.53. The molecule has 0 unspecified atom stereocenters. The second-order valence-corrected chi connectivity index (χ2v) is 9.30. The standard InChI is InChI=1S/C27H30FN5O2/c1-31-25-15-16-32(27(35)29-19-9-5-6-10-19)17-22(25)24(30-31)18-33(20-11-3-2-4-12-20)26(34)21-13-7-8-14-23(21)28/h2-4,7-8,11-14,19H,5-6,9-10,15-18H2,1H3,(H,29,35). The maximum atomic E-state index is 14.5. The maximum absolute atomic E-state index is 14.5. The fourth-order valence-corrected chi connectivity index (χ4v) is 5.12. The summed E-state index contributed by atoms with van der Waals surface area (Å²) in [6.07, 6.45) is 5.09. The highest BCUT2D eigenvalue weighted by Crippen LogP contribution is 2.27. The second kappa shape index (κ2) is 9.90. The molecule has 2 heterocycles. The molecule has 35 heavy (non-hydrogen) atoms. The number of hydrogen-bond acceptors (Lipinski definition) is 3. The highest BCUT2D eigenvalue weighted by atomic mass is 19.1. The lowest BCUT2D eigenvalue weighted by Crippen LogP contribution is -2.46. The van der Waals surface area contributed by atoms with Crippen molar-refractivity contribution < 1.29 is 14.0 Å². The van der Waals surface area contributed by atoms with Gasteiger partial charge < -0.3 is 15.1 Å². The first-order valence-corrected chi connectivity index (χ1v) is 12.2. The average Bonchev–Trinajstić information content (AvgIpc) is 3.50. The molecule has 0 radical (unpaired) electrons. The van der Waals surface area contributed by atoms with Gasteiger partial charge in [-0.3, -0.25) is 9.48 Å². The van der Waals surface area contributed by atoms with Gasteiger partial charge in [-0.1, -0.05) is 43.2 Å². The van der Waals surface area contributed by atoms with E-state index in [1.807, 2.05) is 47.0 Å². The average molecular weight is 476 g/mol. The van der Waals surface area contributed by atoms with Crippen molar-refractivity contribution in [2.24, 2.45) is 7.05 Å². The summed E-state index contributed by atoms with van der Waals surface area (Å²) < 4.78 is 16.4. The zero-order valence-electron chi connectivity index (χ0n) is 19.9. The van der Waals surface area contributed by atoms with Crippen molar-refractivity contribution in [2.45, 2.75) is 51.2 Å². The minimum absolute atomic E-state index is 0.0127. The van der Waals surface area contributed by atoms with E-state index in [1.54, 1.807) is 17.0 Å². The van der Waals surface area contributed by atoms with Crippen molar-refractivity contribution >= 4 is 17.6 Å². The lowest BCUT2D eigenvalue weighted by atomic mass is 10.0. The molecule has 7 nitrogen and oxygen atoms in total. The van der Waals surface area contributed by atoms with Gasteiger partial charge in [0.15, 0.2) is 0 Å². The molecule has 5 rings (SSSR count). The number of aryl methyl sites for hydroxylation is 1. The van der Waals surface area contributed by atoms with Gasteiger partial charge in [-0.25, -0.2) is 9.18 Å². The first kappa shape index (κ1) is 23.1. The summed E-state index contributed by atoms with van der Waals surface area (Å²) in [5.41, 5.74) is 3.42. The molecule has 1 fully saturated rings. The van der Waals surface area contributed by atoms with Crippen LogP contribution in [-0.4, -0.2) is 39.2 Å². The number of halogens is 1. The normalized spacial score (nSPS) is 15.7. The molecule has 3 amide bonds. The smallest absolute Gasteiger partial charge is 0.317 e. The van der Waals surface area contributed by atoms with Crippen LogP contribution in [0.25, 0.3) is 0 Å². The summed E-state index contributed by atoms with van der Waals surface area (Å²) in [7, 11) is 1.89. The van der Waals surface area contributed by atoms with E-state index in [2.05, 4.69) is 5.32 Å². The zero-order valence-corrected chi connectivity index (χ0v) is 19.9. The lowest BCUT2D eigenvalue weighted by Gasteiger charge is -2.30. The second-order valence-electron chi connectivity index (χ2n) is 9.30. The van der Waals surface area contributed by atoms with Crippen LogP contribution in [0.1, 0.15) is 53.0 Å². The third-order valence-electron chi connectivity index (χ3n) is 7.02. The van der Waals surface area contributed by atoms with Gasteiger partial charge in [0, 0.05) is 43.0 Å². The molecule has 1 aliphatic carbocycles. The molecule has 0 atom stereocenters. The van der Waals surface area contributed by atoms with E-state index in [0.717, 1.165) is 42.6 Å². The first-order valence-electron chi connectivity index (χ1n) is 12.2. The molecule has 2 aliphatic rings. The van der Waals surface area contributed by atoms with Gasteiger partial charge in [-0.2, -0.15) is 5.10 Å².